The molecule has 0 N–H and O–H groups in total. The van der Waals surface area contributed by atoms with Crippen LogP contribution in [-0.4, -0.2) is 36.1 Å². The first kappa shape index (κ1) is 16.6. The lowest BCUT2D eigenvalue weighted by molar-refractivity contribution is 0.183. The molecule has 26 heavy (non-hydrogen) atoms. The molecule has 0 unspecified atom stereocenters. The molecule has 3 aromatic rings. The number of nitrogens with zero attached hydrogens (tertiary/aromatic N) is 3. The number of oxazole rings is 1. The van der Waals surface area contributed by atoms with Crippen molar-refractivity contribution < 1.29 is 9.15 Å². The van der Waals surface area contributed by atoms with Crippen molar-refractivity contribution in [3.05, 3.63) is 48.0 Å². The molecule has 0 bridgehead atoms. The van der Waals surface area contributed by atoms with Crippen molar-refractivity contribution in [2.45, 2.75) is 19.3 Å². The van der Waals surface area contributed by atoms with Crippen LogP contribution in [0.4, 0.5) is 0 Å². The molecule has 0 atom stereocenters. The Balaban J connectivity index is 1.40. The summed E-state index contributed by atoms with van der Waals surface area (Å²) in [5.41, 5.74) is 2.85. The third-order valence-electron chi connectivity index (χ3n) is 4.74. The van der Waals surface area contributed by atoms with Gasteiger partial charge in [-0.1, -0.05) is 6.42 Å². The van der Waals surface area contributed by atoms with Crippen molar-refractivity contribution in [3.63, 3.8) is 0 Å². The minimum atomic E-state index is 0.551. The summed E-state index contributed by atoms with van der Waals surface area (Å²) in [5.74, 6) is 1.41. The average Bonchev–Trinajstić information content (AvgIpc) is 3.12. The zero-order valence-corrected chi connectivity index (χ0v) is 14.6. The van der Waals surface area contributed by atoms with Gasteiger partial charge in [-0.15, -0.1) is 0 Å². The Morgan fingerprint density at radius 2 is 1.88 bits per heavy atom. The van der Waals surface area contributed by atoms with E-state index in [1.54, 1.807) is 18.2 Å². The summed E-state index contributed by atoms with van der Waals surface area (Å²) in [6, 6.07) is 15.2. The molecule has 132 valence electrons. The second-order valence-corrected chi connectivity index (χ2v) is 6.59. The van der Waals surface area contributed by atoms with Crippen LogP contribution >= 0.6 is 0 Å². The van der Waals surface area contributed by atoms with E-state index in [1.165, 1.54) is 32.4 Å². The molecule has 0 saturated carbocycles. The highest BCUT2D eigenvalue weighted by Crippen LogP contribution is 2.26. The van der Waals surface area contributed by atoms with E-state index in [0.717, 1.165) is 17.9 Å². The first-order valence-electron chi connectivity index (χ1n) is 9.08. The van der Waals surface area contributed by atoms with E-state index < -0.39 is 0 Å². The number of likely N-dealkylation sites (tertiary alicyclic amines) is 1. The Hall–Kier alpha value is -2.84. The van der Waals surface area contributed by atoms with Crippen LogP contribution in [0, 0.1) is 11.3 Å². The van der Waals surface area contributed by atoms with E-state index in [2.05, 4.69) is 16.0 Å². The van der Waals surface area contributed by atoms with Gasteiger partial charge in [-0.2, -0.15) is 5.26 Å². The van der Waals surface area contributed by atoms with Crippen LogP contribution in [0.25, 0.3) is 22.6 Å². The van der Waals surface area contributed by atoms with Gasteiger partial charge < -0.3 is 9.15 Å². The van der Waals surface area contributed by atoms with Crippen LogP contribution in [0.15, 0.2) is 46.9 Å². The third-order valence-corrected chi connectivity index (χ3v) is 4.74. The monoisotopic (exact) mass is 347 g/mol. The summed E-state index contributed by atoms with van der Waals surface area (Å²) in [4.78, 5) is 6.94. The quantitative estimate of drug-likeness (QED) is 0.691. The molecule has 5 nitrogen and oxygen atoms in total. The van der Waals surface area contributed by atoms with Crippen LogP contribution in [0.3, 0.4) is 0 Å². The number of aromatic nitrogens is 1. The van der Waals surface area contributed by atoms with Crippen molar-refractivity contribution >= 4 is 11.1 Å². The van der Waals surface area contributed by atoms with E-state index in [9.17, 15) is 0 Å². The zero-order valence-electron chi connectivity index (χ0n) is 14.6. The summed E-state index contributed by atoms with van der Waals surface area (Å²) in [5, 5.41) is 8.98. The van der Waals surface area contributed by atoms with Crippen molar-refractivity contribution in [2.75, 3.05) is 26.2 Å². The van der Waals surface area contributed by atoms with Crippen molar-refractivity contribution in [1.29, 1.82) is 5.26 Å². The number of nitriles is 1. The molecular formula is C21H21N3O2. The van der Waals surface area contributed by atoms with Gasteiger partial charge in [0.05, 0.1) is 11.6 Å². The molecule has 5 heteroatoms. The summed E-state index contributed by atoms with van der Waals surface area (Å²) in [7, 11) is 0. The Bertz CT molecular complexity index is 919. The van der Waals surface area contributed by atoms with Gasteiger partial charge in [0.1, 0.15) is 17.9 Å². The van der Waals surface area contributed by atoms with Crippen LogP contribution in [0.1, 0.15) is 24.8 Å². The minimum Gasteiger partial charge on any atom is -0.492 e. The number of benzene rings is 2. The second-order valence-electron chi connectivity index (χ2n) is 6.59. The van der Waals surface area contributed by atoms with Gasteiger partial charge in [0.25, 0.3) is 0 Å². The highest BCUT2D eigenvalue weighted by molar-refractivity contribution is 5.77. The lowest BCUT2D eigenvalue weighted by atomic mass is 10.1. The number of hydrogen-bond donors (Lipinski definition) is 0. The fraction of sp³-hybridized carbons (Fsp3) is 0.333. The minimum absolute atomic E-state index is 0.551. The second kappa shape index (κ2) is 7.59. The van der Waals surface area contributed by atoms with Crippen LogP contribution in [0.5, 0.6) is 5.75 Å². The molecule has 4 rings (SSSR count). The van der Waals surface area contributed by atoms with Gasteiger partial charge >= 0.3 is 0 Å². The predicted molar refractivity (Wildman–Crippen MR) is 99.9 cm³/mol. The van der Waals surface area contributed by atoms with E-state index in [-0.39, 0.29) is 0 Å². The Labute approximate surface area is 152 Å². The lowest BCUT2D eigenvalue weighted by Crippen LogP contribution is -2.33. The van der Waals surface area contributed by atoms with Crippen molar-refractivity contribution in [1.82, 2.24) is 9.88 Å². The predicted octanol–water partition coefficient (Wildman–Crippen LogP) is 4.23. The first-order valence-corrected chi connectivity index (χ1v) is 9.08. The van der Waals surface area contributed by atoms with E-state index >= 15 is 0 Å². The van der Waals surface area contributed by atoms with Gasteiger partial charge in [-0.25, -0.2) is 4.98 Å². The molecule has 2 aromatic carbocycles. The number of fused-ring (bicyclic) bond motifs is 1. The van der Waals surface area contributed by atoms with E-state index in [4.69, 9.17) is 14.4 Å². The smallest absolute Gasteiger partial charge is 0.227 e. The maximum atomic E-state index is 8.98. The molecule has 1 fully saturated rings. The lowest BCUT2D eigenvalue weighted by Gasteiger charge is -2.26. The van der Waals surface area contributed by atoms with E-state index in [0.29, 0.717) is 29.2 Å². The molecule has 0 radical (unpaired) electrons. The topological polar surface area (TPSA) is 62.3 Å². The zero-order chi connectivity index (χ0) is 17.8. The molecule has 0 amide bonds. The number of hydrogen-bond acceptors (Lipinski definition) is 5. The number of ether oxygens (including phenoxy) is 1. The Kier molecular flexibility index (Phi) is 4.85. The third kappa shape index (κ3) is 3.71. The largest absolute Gasteiger partial charge is 0.492 e. The fourth-order valence-electron chi connectivity index (χ4n) is 3.29. The standard InChI is InChI=1S/C21H21N3O2/c22-15-16-4-9-20-19(14-16)23-21(26-20)17-5-7-18(8-6-17)25-13-12-24-10-2-1-3-11-24/h4-9,14H,1-3,10-13H2. The summed E-state index contributed by atoms with van der Waals surface area (Å²) in [6.07, 6.45) is 3.95. The molecule has 1 saturated heterocycles. The Morgan fingerprint density at radius 1 is 1.08 bits per heavy atom. The summed E-state index contributed by atoms with van der Waals surface area (Å²) < 4.78 is 11.6. The van der Waals surface area contributed by atoms with Crippen LogP contribution < -0.4 is 4.74 Å². The fourth-order valence-corrected chi connectivity index (χ4v) is 3.29. The van der Waals surface area contributed by atoms with Gasteiger partial charge in [-0.3, -0.25) is 4.90 Å². The normalized spacial score (nSPS) is 15.0. The van der Waals surface area contributed by atoms with E-state index in [1.807, 2.05) is 24.3 Å². The summed E-state index contributed by atoms with van der Waals surface area (Å²) >= 11 is 0. The molecule has 1 aliphatic heterocycles. The molecular weight excluding hydrogens is 326 g/mol. The Morgan fingerprint density at radius 3 is 2.65 bits per heavy atom. The van der Waals surface area contributed by atoms with Gasteiger partial charge in [0, 0.05) is 12.1 Å². The van der Waals surface area contributed by atoms with Crippen molar-refractivity contribution in [2.24, 2.45) is 0 Å². The van der Waals surface area contributed by atoms with Gasteiger partial charge in [0.15, 0.2) is 5.58 Å². The SMILES string of the molecule is N#Cc1ccc2oc(-c3ccc(OCCN4CCCCC4)cc3)nc2c1. The average molecular weight is 347 g/mol. The molecule has 0 aliphatic carbocycles. The number of piperidine rings is 1. The highest BCUT2D eigenvalue weighted by Gasteiger charge is 2.11. The maximum Gasteiger partial charge on any atom is 0.227 e. The first-order chi connectivity index (χ1) is 12.8. The van der Waals surface area contributed by atoms with Gasteiger partial charge in [-0.05, 0) is 68.4 Å². The highest BCUT2D eigenvalue weighted by atomic mass is 16.5. The molecule has 1 aromatic heterocycles. The summed E-state index contributed by atoms with van der Waals surface area (Å²) in [6.45, 7) is 4.06. The molecule has 1 aliphatic rings. The van der Waals surface area contributed by atoms with Gasteiger partial charge in [0.2, 0.25) is 5.89 Å². The van der Waals surface area contributed by atoms with Crippen molar-refractivity contribution in [3.8, 4) is 23.3 Å². The maximum absolute atomic E-state index is 8.98. The molecule has 2 heterocycles. The number of rotatable bonds is 5. The molecule has 0 spiro atoms. The van der Waals surface area contributed by atoms with Crippen LogP contribution in [0.2, 0.25) is 0 Å². The van der Waals surface area contributed by atoms with Crippen LogP contribution in [-0.2, 0) is 0 Å².